The van der Waals surface area contributed by atoms with Crippen molar-refractivity contribution in [3.05, 3.63) is 64.5 Å². The fraction of sp³-hybridized carbons (Fsp3) is 0.278. The van der Waals surface area contributed by atoms with Gasteiger partial charge in [-0.05, 0) is 86.4 Å². The van der Waals surface area contributed by atoms with E-state index >= 15 is 0 Å². The van der Waals surface area contributed by atoms with E-state index in [-0.39, 0.29) is 11.9 Å². The van der Waals surface area contributed by atoms with Crippen LogP contribution in [0.1, 0.15) is 35.2 Å². The zero-order valence-corrected chi connectivity index (χ0v) is 14.1. The number of anilines is 1. The molecule has 0 saturated heterocycles. The van der Waals surface area contributed by atoms with Gasteiger partial charge in [0.05, 0.1) is 6.04 Å². The van der Waals surface area contributed by atoms with Crippen molar-refractivity contribution >= 4 is 23.0 Å². The summed E-state index contributed by atoms with van der Waals surface area (Å²) in [4.78, 5) is 0. The highest BCUT2D eigenvalue weighted by molar-refractivity contribution is 7.80. The molecule has 0 unspecified atom stereocenters. The molecule has 0 spiro atoms. The lowest BCUT2D eigenvalue weighted by Gasteiger charge is -2.20. The Morgan fingerprint density at radius 3 is 2.23 bits per heavy atom. The van der Waals surface area contributed by atoms with E-state index in [0.717, 1.165) is 5.69 Å². The standard InChI is InChI=1S/C18H21FN2S/c1-11-9-13(3)17(10-12(11)2)14(4)20-18(22)21-16-7-5-15(19)6-8-16/h5-10,14H,1-4H3,(H2,20,21,22)/t14-/m1/s1. The first-order valence-electron chi connectivity index (χ1n) is 7.27. The van der Waals surface area contributed by atoms with E-state index in [1.807, 2.05) is 0 Å². The second-order valence-corrected chi connectivity index (χ2v) is 6.03. The van der Waals surface area contributed by atoms with Gasteiger partial charge >= 0.3 is 0 Å². The van der Waals surface area contributed by atoms with Crippen LogP contribution in [0.3, 0.4) is 0 Å². The topological polar surface area (TPSA) is 24.1 Å². The van der Waals surface area contributed by atoms with Crippen molar-refractivity contribution in [1.29, 1.82) is 0 Å². The average Bonchev–Trinajstić information content (AvgIpc) is 2.45. The van der Waals surface area contributed by atoms with E-state index in [2.05, 4.69) is 50.5 Å². The minimum Gasteiger partial charge on any atom is -0.356 e. The second kappa shape index (κ2) is 6.88. The van der Waals surface area contributed by atoms with Crippen LogP contribution in [0.4, 0.5) is 10.1 Å². The second-order valence-electron chi connectivity index (χ2n) is 5.62. The number of benzene rings is 2. The van der Waals surface area contributed by atoms with Crippen molar-refractivity contribution in [2.45, 2.75) is 33.7 Å². The van der Waals surface area contributed by atoms with Gasteiger partial charge in [0.25, 0.3) is 0 Å². The predicted octanol–water partition coefficient (Wildman–Crippen LogP) is 4.80. The molecule has 0 aliphatic carbocycles. The number of rotatable bonds is 3. The molecule has 0 aliphatic rings. The van der Waals surface area contributed by atoms with Crippen LogP contribution in [-0.4, -0.2) is 5.11 Å². The van der Waals surface area contributed by atoms with Crippen molar-refractivity contribution in [2.24, 2.45) is 0 Å². The Morgan fingerprint density at radius 2 is 1.59 bits per heavy atom. The van der Waals surface area contributed by atoms with E-state index in [1.54, 1.807) is 12.1 Å². The number of halogens is 1. The molecule has 0 aromatic heterocycles. The highest BCUT2D eigenvalue weighted by Gasteiger charge is 2.11. The lowest BCUT2D eigenvalue weighted by atomic mass is 9.97. The van der Waals surface area contributed by atoms with Gasteiger partial charge in [0.2, 0.25) is 0 Å². The molecule has 2 aromatic carbocycles. The Kier molecular flexibility index (Phi) is 5.14. The molecule has 0 amide bonds. The lowest BCUT2D eigenvalue weighted by molar-refractivity contribution is 0.628. The molecule has 0 fully saturated rings. The molecular weight excluding hydrogens is 295 g/mol. The summed E-state index contributed by atoms with van der Waals surface area (Å²) < 4.78 is 12.9. The zero-order valence-electron chi connectivity index (χ0n) is 13.3. The molecule has 22 heavy (non-hydrogen) atoms. The highest BCUT2D eigenvalue weighted by Crippen LogP contribution is 2.21. The Morgan fingerprint density at radius 1 is 1.00 bits per heavy atom. The molecule has 2 nitrogen and oxygen atoms in total. The van der Waals surface area contributed by atoms with E-state index < -0.39 is 0 Å². The van der Waals surface area contributed by atoms with Gasteiger partial charge in [-0.3, -0.25) is 0 Å². The third kappa shape index (κ3) is 4.04. The molecule has 0 radical (unpaired) electrons. The summed E-state index contributed by atoms with van der Waals surface area (Å²) >= 11 is 5.33. The van der Waals surface area contributed by atoms with Crippen LogP contribution >= 0.6 is 12.2 Å². The first kappa shape index (κ1) is 16.4. The molecule has 2 aromatic rings. The lowest BCUT2D eigenvalue weighted by Crippen LogP contribution is -2.31. The van der Waals surface area contributed by atoms with Crippen LogP contribution in [0.5, 0.6) is 0 Å². The predicted molar refractivity (Wildman–Crippen MR) is 94.8 cm³/mol. The summed E-state index contributed by atoms with van der Waals surface area (Å²) in [6, 6.07) is 10.6. The van der Waals surface area contributed by atoms with Crippen LogP contribution in [-0.2, 0) is 0 Å². The number of hydrogen-bond acceptors (Lipinski definition) is 1. The van der Waals surface area contributed by atoms with Gasteiger partial charge in [-0.1, -0.05) is 12.1 Å². The van der Waals surface area contributed by atoms with Gasteiger partial charge in [-0.2, -0.15) is 0 Å². The summed E-state index contributed by atoms with van der Waals surface area (Å²) in [7, 11) is 0. The van der Waals surface area contributed by atoms with Crippen molar-refractivity contribution < 1.29 is 4.39 Å². The molecule has 0 aliphatic heterocycles. The molecular formula is C18H21FN2S. The van der Waals surface area contributed by atoms with Crippen molar-refractivity contribution in [1.82, 2.24) is 5.32 Å². The van der Waals surface area contributed by atoms with Crippen molar-refractivity contribution in [2.75, 3.05) is 5.32 Å². The first-order chi connectivity index (χ1) is 10.4. The quantitative estimate of drug-likeness (QED) is 0.796. The van der Waals surface area contributed by atoms with E-state index in [9.17, 15) is 4.39 Å². The highest BCUT2D eigenvalue weighted by atomic mass is 32.1. The van der Waals surface area contributed by atoms with Gasteiger partial charge in [-0.25, -0.2) is 4.39 Å². The van der Waals surface area contributed by atoms with Crippen molar-refractivity contribution in [3.63, 3.8) is 0 Å². The number of nitrogens with one attached hydrogen (secondary N) is 2. The normalized spacial score (nSPS) is 11.9. The minimum absolute atomic E-state index is 0.0970. The molecule has 116 valence electrons. The average molecular weight is 316 g/mol. The molecule has 0 bridgehead atoms. The monoisotopic (exact) mass is 316 g/mol. The Bertz CT molecular complexity index is 680. The fourth-order valence-corrected chi connectivity index (χ4v) is 2.72. The van der Waals surface area contributed by atoms with E-state index in [0.29, 0.717) is 5.11 Å². The maximum absolute atomic E-state index is 12.9. The summed E-state index contributed by atoms with van der Waals surface area (Å²) in [5.74, 6) is -0.261. The Hall–Kier alpha value is -1.94. The largest absolute Gasteiger partial charge is 0.356 e. The molecule has 2 rings (SSSR count). The maximum atomic E-state index is 12.9. The third-order valence-electron chi connectivity index (χ3n) is 3.80. The van der Waals surface area contributed by atoms with Gasteiger partial charge < -0.3 is 10.6 Å². The third-order valence-corrected chi connectivity index (χ3v) is 4.02. The fourth-order valence-electron chi connectivity index (χ4n) is 2.42. The van der Waals surface area contributed by atoms with Gasteiger partial charge in [0.15, 0.2) is 5.11 Å². The van der Waals surface area contributed by atoms with Crippen LogP contribution in [0.2, 0.25) is 0 Å². The maximum Gasteiger partial charge on any atom is 0.171 e. The Labute approximate surface area is 136 Å². The smallest absolute Gasteiger partial charge is 0.171 e. The first-order valence-corrected chi connectivity index (χ1v) is 7.68. The van der Waals surface area contributed by atoms with E-state index in [4.69, 9.17) is 12.2 Å². The van der Waals surface area contributed by atoms with Gasteiger partial charge in [0.1, 0.15) is 5.82 Å². The number of hydrogen-bond donors (Lipinski definition) is 2. The van der Waals surface area contributed by atoms with Crippen LogP contribution < -0.4 is 10.6 Å². The SMILES string of the molecule is Cc1cc(C)c([C@@H](C)NC(=S)Nc2ccc(F)cc2)cc1C. The summed E-state index contributed by atoms with van der Waals surface area (Å²) in [5, 5.41) is 6.87. The molecule has 0 saturated carbocycles. The molecule has 2 N–H and O–H groups in total. The summed E-state index contributed by atoms with van der Waals surface area (Å²) in [5.41, 5.74) is 5.80. The zero-order chi connectivity index (χ0) is 16.3. The number of thiocarbonyl (C=S) groups is 1. The summed E-state index contributed by atoms with van der Waals surface area (Å²) in [6.07, 6.45) is 0. The number of aryl methyl sites for hydroxylation is 3. The van der Waals surface area contributed by atoms with E-state index in [1.165, 1.54) is 34.4 Å². The van der Waals surface area contributed by atoms with Gasteiger partial charge in [-0.15, -0.1) is 0 Å². The minimum atomic E-state index is -0.261. The van der Waals surface area contributed by atoms with Crippen LogP contribution in [0, 0.1) is 26.6 Å². The van der Waals surface area contributed by atoms with Gasteiger partial charge in [0, 0.05) is 5.69 Å². The molecule has 1 atom stereocenters. The van der Waals surface area contributed by atoms with Crippen LogP contribution in [0.25, 0.3) is 0 Å². The van der Waals surface area contributed by atoms with Crippen molar-refractivity contribution in [3.8, 4) is 0 Å². The summed E-state index contributed by atoms with van der Waals surface area (Å²) in [6.45, 7) is 8.41. The Balaban J connectivity index is 2.05. The van der Waals surface area contributed by atoms with Crippen LogP contribution in [0.15, 0.2) is 36.4 Å². The molecule has 4 heteroatoms. The molecule has 0 heterocycles.